The Kier molecular flexibility index (Phi) is 7.66. The van der Waals surface area contributed by atoms with Crippen molar-refractivity contribution >= 4 is 21.5 Å². The first kappa shape index (κ1) is 26.4. The van der Waals surface area contributed by atoms with Crippen molar-refractivity contribution in [1.82, 2.24) is 9.29 Å². The largest absolute Gasteiger partial charge is 0.497 e. The Morgan fingerprint density at radius 1 is 1.35 bits per heavy atom. The van der Waals surface area contributed by atoms with Gasteiger partial charge in [0, 0.05) is 30.5 Å². The molecule has 0 saturated carbocycles. The van der Waals surface area contributed by atoms with Crippen molar-refractivity contribution in [3.05, 3.63) is 76.9 Å². The van der Waals surface area contributed by atoms with E-state index >= 15 is 0 Å². The summed E-state index contributed by atoms with van der Waals surface area (Å²) in [4.78, 5) is 13.5. The standard InChI is InChI=1S/C27H30FN5O3S/c1-17(4-5-18-6-9-21(36-3)10-7-18)24-13-11-22-25(37(30,35)32-24)16-33(2)26(22)27(34)31-20-8-12-23(28)19(14-20)15-29/h6-10,12,14,16-17,24H,4-5,11,13H2,1-3H3,(H,31,34)(H2,30,32,35)/t17-,24+,37?/m0/s1. The van der Waals surface area contributed by atoms with Crippen LogP contribution in [0.4, 0.5) is 10.1 Å². The van der Waals surface area contributed by atoms with Gasteiger partial charge in [-0.2, -0.15) is 5.26 Å². The second-order valence-corrected chi connectivity index (χ2v) is 11.2. The number of carbonyl (C=O) groups is 1. The first-order valence-corrected chi connectivity index (χ1v) is 13.6. The number of rotatable bonds is 7. The average molecular weight is 524 g/mol. The highest BCUT2D eigenvalue weighted by Gasteiger charge is 2.32. The van der Waals surface area contributed by atoms with Crippen molar-refractivity contribution in [1.29, 1.82) is 10.0 Å². The number of methoxy groups -OCH3 is 1. The van der Waals surface area contributed by atoms with E-state index in [1.165, 1.54) is 17.7 Å². The molecule has 0 fully saturated rings. The Bertz CT molecular complexity index is 1460. The summed E-state index contributed by atoms with van der Waals surface area (Å²) in [5.74, 6) is -0.188. The molecule has 1 aliphatic rings. The average Bonchev–Trinajstić information content (AvgIpc) is 3.17. The molecule has 0 bridgehead atoms. The molecule has 194 valence electrons. The fraction of sp³-hybridized carbons (Fsp3) is 0.333. The van der Waals surface area contributed by atoms with Crippen molar-refractivity contribution in [2.45, 2.75) is 43.5 Å². The summed E-state index contributed by atoms with van der Waals surface area (Å²) < 4.78 is 45.7. The van der Waals surface area contributed by atoms with Crippen LogP contribution in [-0.2, 0) is 29.8 Å². The molecule has 4 rings (SSSR count). The lowest BCUT2D eigenvalue weighted by Gasteiger charge is -2.24. The summed E-state index contributed by atoms with van der Waals surface area (Å²) in [7, 11) is -0.0505. The van der Waals surface area contributed by atoms with Gasteiger partial charge in [0.2, 0.25) is 0 Å². The number of nitrogens with one attached hydrogen (secondary N) is 3. The number of fused-ring (bicyclic) bond motifs is 1. The lowest BCUT2D eigenvalue weighted by Crippen LogP contribution is -2.37. The van der Waals surface area contributed by atoms with E-state index < -0.39 is 21.6 Å². The van der Waals surface area contributed by atoms with Crippen LogP contribution in [0.3, 0.4) is 0 Å². The van der Waals surface area contributed by atoms with E-state index in [2.05, 4.69) is 17.0 Å². The second kappa shape index (κ2) is 10.7. The van der Waals surface area contributed by atoms with Crippen LogP contribution < -0.4 is 14.8 Å². The van der Waals surface area contributed by atoms with Crippen LogP contribution in [0.2, 0.25) is 0 Å². The lowest BCUT2D eigenvalue weighted by molar-refractivity contribution is 0.101. The van der Waals surface area contributed by atoms with Crippen molar-refractivity contribution in [2.75, 3.05) is 12.4 Å². The number of nitrogens with zero attached hydrogens (tertiary/aromatic N) is 2. The smallest absolute Gasteiger partial charge is 0.272 e. The Balaban J connectivity index is 1.51. The number of aromatic nitrogens is 1. The molecule has 1 aliphatic heterocycles. The number of aryl methyl sites for hydroxylation is 2. The molecule has 1 aromatic heterocycles. The maximum Gasteiger partial charge on any atom is 0.272 e. The molecular formula is C27H30FN5O3S. The molecule has 8 nitrogen and oxygen atoms in total. The molecule has 1 unspecified atom stereocenters. The van der Waals surface area contributed by atoms with Gasteiger partial charge in [0.1, 0.15) is 33.2 Å². The van der Waals surface area contributed by atoms with Crippen LogP contribution in [0.5, 0.6) is 5.75 Å². The first-order valence-electron chi connectivity index (χ1n) is 12.0. The Hall–Kier alpha value is -3.68. The summed E-state index contributed by atoms with van der Waals surface area (Å²) >= 11 is 0. The van der Waals surface area contributed by atoms with Gasteiger partial charge < -0.3 is 14.6 Å². The zero-order valence-corrected chi connectivity index (χ0v) is 21.8. The topological polar surface area (TPSA) is 120 Å². The number of carbonyl (C=O) groups excluding carboxylic acids is 1. The van der Waals surface area contributed by atoms with Gasteiger partial charge in [0.25, 0.3) is 5.91 Å². The summed E-state index contributed by atoms with van der Waals surface area (Å²) in [5, 5.41) is 11.8. The third-order valence-corrected chi connectivity index (χ3v) is 8.48. The number of amides is 1. The highest BCUT2D eigenvalue weighted by molar-refractivity contribution is 7.90. The lowest BCUT2D eigenvalue weighted by atomic mass is 9.91. The summed E-state index contributed by atoms with van der Waals surface area (Å²) in [6.45, 7) is 2.08. The second-order valence-electron chi connectivity index (χ2n) is 9.38. The van der Waals surface area contributed by atoms with Gasteiger partial charge in [-0.1, -0.05) is 19.1 Å². The molecule has 2 heterocycles. The van der Waals surface area contributed by atoms with Gasteiger partial charge in [0.05, 0.1) is 17.6 Å². The van der Waals surface area contributed by atoms with Crippen LogP contribution in [0.1, 0.15) is 46.9 Å². The summed E-state index contributed by atoms with van der Waals surface area (Å²) in [5.41, 5.74) is 2.15. The molecule has 0 saturated heterocycles. The number of nitriles is 1. The van der Waals surface area contributed by atoms with E-state index in [1.807, 2.05) is 24.3 Å². The third-order valence-electron chi connectivity index (χ3n) is 6.87. The summed E-state index contributed by atoms with van der Waals surface area (Å²) in [6, 6.07) is 13.3. The van der Waals surface area contributed by atoms with Crippen LogP contribution in [0, 0.1) is 27.8 Å². The first-order chi connectivity index (χ1) is 17.6. The van der Waals surface area contributed by atoms with E-state index in [-0.39, 0.29) is 23.2 Å². The molecule has 10 heteroatoms. The van der Waals surface area contributed by atoms with Crippen LogP contribution in [-0.4, -0.2) is 27.8 Å². The molecule has 3 N–H and O–H groups in total. The van der Waals surface area contributed by atoms with E-state index in [0.717, 1.165) is 24.7 Å². The monoisotopic (exact) mass is 523 g/mol. The minimum Gasteiger partial charge on any atom is -0.497 e. The minimum absolute atomic E-state index is 0.145. The molecule has 3 aromatic rings. The van der Waals surface area contributed by atoms with Gasteiger partial charge in [-0.3, -0.25) is 4.79 Å². The van der Waals surface area contributed by atoms with E-state index in [9.17, 15) is 13.4 Å². The fourth-order valence-corrected chi connectivity index (χ4v) is 6.49. The van der Waals surface area contributed by atoms with Crippen LogP contribution in [0.25, 0.3) is 0 Å². The van der Waals surface area contributed by atoms with Crippen molar-refractivity contribution in [2.24, 2.45) is 13.0 Å². The van der Waals surface area contributed by atoms with Gasteiger partial charge in [0.15, 0.2) is 0 Å². The Labute approximate surface area is 216 Å². The zero-order chi connectivity index (χ0) is 26.7. The molecule has 0 radical (unpaired) electrons. The highest BCUT2D eigenvalue weighted by atomic mass is 32.2. The molecule has 0 aliphatic carbocycles. The molecular weight excluding hydrogens is 493 g/mol. The van der Waals surface area contributed by atoms with Crippen LogP contribution >= 0.6 is 0 Å². The molecule has 1 amide bonds. The molecule has 37 heavy (non-hydrogen) atoms. The zero-order valence-electron chi connectivity index (χ0n) is 21.0. The SMILES string of the molecule is COc1ccc(CC[C@H](C)[C@H]2CCc3c(cn(C)c3C(=O)Nc3ccc(F)c(C#N)c3)S(=N)(=O)N2)cc1. The Morgan fingerprint density at radius 2 is 2.08 bits per heavy atom. The van der Waals surface area contributed by atoms with Gasteiger partial charge in [-0.15, -0.1) is 0 Å². The number of anilines is 1. The van der Waals surface area contributed by atoms with Crippen molar-refractivity contribution in [3.8, 4) is 11.8 Å². The Morgan fingerprint density at radius 3 is 2.76 bits per heavy atom. The normalized spacial score (nSPS) is 19.8. The quantitative estimate of drug-likeness (QED) is 0.412. The minimum atomic E-state index is -3.35. The molecule has 2 aromatic carbocycles. The van der Waals surface area contributed by atoms with E-state index in [1.54, 1.807) is 31.0 Å². The number of hydrogen-bond donors (Lipinski definition) is 3. The number of ether oxygens (including phenoxy) is 1. The van der Waals surface area contributed by atoms with Gasteiger partial charge in [-0.25, -0.2) is 18.1 Å². The van der Waals surface area contributed by atoms with E-state index in [4.69, 9.17) is 14.8 Å². The van der Waals surface area contributed by atoms with E-state index in [0.29, 0.717) is 29.0 Å². The maximum absolute atomic E-state index is 13.7. The number of benzene rings is 2. The predicted molar refractivity (Wildman–Crippen MR) is 139 cm³/mol. The third kappa shape index (κ3) is 5.68. The number of hydrogen-bond acceptors (Lipinski definition) is 5. The highest BCUT2D eigenvalue weighted by Crippen LogP contribution is 2.31. The molecule has 0 spiro atoms. The predicted octanol–water partition coefficient (Wildman–Crippen LogP) is 4.79. The molecule has 3 atom stereocenters. The summed E-state index contributed by atoms with van der Waals surface area (Å²) in [6.07, 6.45) is 4.35. The van der Waals surface area contributed by atoms with Crippen molar-refractivity contribution in [3.63, 3.8) is 0 Å². The van der Waals surface area contributed by atoms with Gasteiger partial charge >= 0.3 is 0 Å². The number of halogens is 1. The van der Waals surface area contributed by atoms with Gasteiger partial charge in [-0.05, 0) is 67.5 Å². The fourth-order valence-electron chi connectivity index (χ4n) is 4.74. The van der Waals surface area contributed by atoms with Crippen LogP contribution in [0.15, 0.2) is 53.6 Å². The van der Waals surface area contributed by atoms with Crippen molar-refractivity contribution < 1.29 is 18.1 Å². The maximum atomic E-state index is 13.7.